The lowest BCUT2D eigenvalue weighted by Gasteiger charge is -2.35. The van der Waals surface area contributed by atoms with Crippen molar-refractivity contribution < 1.29 is 9.59 Å². The molecule has 30 heavy (non-hydrogen) atoms. The smallest absolute Gasteiger partial charge is 0.261 e. The van der Waals surface area contributed by atoms with E-state index in [4.69, 9.17) is 0 Å². The van der Waals surface area contributed by atoms with Crippen LogP contribution in [0.3, 0.4) is 0 Å². The Morgan fingerprint density at radius 2 is 1.57 bits per heavy atom. The number of benzene rings is 2. The van der Waals surface area contributed by atoms with E-state index in [0.717, 1.165) is 25.8 Å². The van der Waals surface area contributed by atoms with Crippen LogP contribution in [0, 0.1) is 0 Å². The first-order valence-electron chi connectivity index (χ1n) is 11.0. The summed E-state index contributed by atoms with van der Waals surface area (Å²) in [7, 11) is 0. The number of hydrogen-bond acceptors (Lipinski definition) is 3. The molecule has 1 N–H and O–H groups in total. The molecule has 2 bridgehead atoms. The van der Waals surface area contributed by atoms with Gasteiger partial charge in [-0.25, -0.2) is 0 Å². The summed E-state index contributed by atoms with van der Waals surface area (Å²) in [5.41, 5.74) is 5.26. The number of aromatic amines is 1. The predicted octanol–water partition coefficient (Wildman–Crippen LogP) is 4.31. The Bertz CT molecular complexity index is 1130. The number of H-pyrrole nitrogens is 1. The lowest BCUT2D eigenvalue weighted by atomic mass is 9.96. The van der Waals surface area contributed by atoms with Crippen LogP contribution in [0.2, 0.25) is 0 Å². The van der Waals surface area contributed by atoms with Gasteiger partial charge in [0.2, 0.25) is 0 Å². The quantitative estimate of drug-likeness (QED) is 0.514. The van der Waals surface area contributed by atoms with E-state index in [-0.39, 0.29) is 11.8 Å². The van der Waals surface area contributed by atoms with Crippen molar-refractivity contribution in [2.45, 2.75) is 44.2 Å². The molecule has 0 aliphatic carbocycles. The number of imide groups is 1. The molecule has 0 spiro atoms. The van der Waals surface area contributed by atoms with Gasteiger partial charge in [-0.15, -0.1) is 0 Å². The average molecular weight is 399 g/mol. The second-order valence-electron chi connectivity index (χ2n) is 8.77. The first-order valence-corrected chi connectivity index (χ1v) is 11.0. The van der Waals surface area contributed by atoms with Gasteiger partial charge in [0.1, 0.15) is 0 Å². The Balaban J connectivity index is 1.12. The standard InChI is InChI=1S/C25H25N3O2/c29-24-17-7-1-2-8-18(17)25(30)28(24)14-6-5-13-27-16-11-12-22(27)23-19-9-3-4-10-20(19)26-21(23)15-16/h1-4,7-10,16,22,26H,5-6,11-15H2/t16-,22+/m0/s1. The normalized spacial score (nSPS) is 22.7. The predicted molar refractivity (Wildman–Crippen MR) is 116 cm³/mol. The van der Waals surface area contributed by atoms with Gasteiger partial charge < -0.3 is 4.98 Å². The Morgan fingerprint density at radius 1 is 0.867 bits per heavy atom. The lowest BCUT2D eigenvalue weighted by Crippen LogP contribution is -2.38. The maximum absolute atomic E-state index is 12.5. The first kappa shape index (κ1) is 17.9. The SMILES string of the molecule is O=C1c2ccccc2C(=O)N1CCCCN1[C@H]2CC[C@@H]1c1c([nH]c3ccccc13)C2. The van der Waals surface area contributed by atoms with Crippen molar-refractivity contribution in [3.05, 3.63) is 70.9 Å². The van der Waals surface area contributed by atoms with Crippen molar-refractivity contribution in [3.63, 3.8) is 0 Å². The van der Waals surface area contributed by atoms with Crippen molar-refractivity contribution in [2.24, 2.45) is 0 Å². The van der Waals surface area contributed by atoms with Gasteiger partial charge in [-0.1, -0.05) is 30.3 Å². The molecule has 2 amide bonds. The van der Waals surface area contributed by atoms with E-state index in [2.05, 4.69) is 34.1 Å². The van der Waals surface area contributed by atoms with Gasteiger partial charge in [0.05, 0.1) is 11.1 Å². The third kappa shape index (κ3) is 2.58. The largest absolute Gasteiger partial charge is 0.358 e. The third-order valence-electron chi connectivity index (χ3n) is 7.17. The Morgan fingerprint density at radius 3 is 2.37 bits per heavy atom. The topological polar surface area (TPSA) is 56.4 Å². The molecule has 0 saturated carbocycles. The molecule has 2 aromatic carbocycles. The van der Waals surface area contributed by atoms with Gasteiger partial charge >= 0.3 is 0 Å². The van der Waals surface area contributed by atoms with Gasteiger partial charge in [0.15, 0.2) is 0 Å². The van der Waals surface area contributed by atoms with E-state index < -0.39 is 0 Å². The molecule has 3 aromatic rings. The summed E-state index contributed by atoms with van der Waals surface area (Å²) in [5, 5.41) is 1.37. The Kier molecular flexibility index (Phi) is 4.06. The van der Waals surface area contributed by atoms with Gasteiger partial charge in [0, 0.05) is 41.6 Å². The molecule has 2 atom stereocenters. The van der Waals surface area contributed by atoms with Crippen LogP contribution in [0.15, 0.2) is 48.5 Å². The molecular weight excluding hydrogens is 374 g/mol. The van der Waals surface area contributed by atoms with Crippen LogP contribution in [0.5, 0.6) is 0 Å². The third-order valence-corrected chi connectivity index (χ3v) is 7.17. The number of amides is 2. The monoisotopic (exact) mass is 399 g/mol. The summed E-state index contributed by atoms with van der Waals surface area (Å²) in [6, 6.07) is 16.9. The summed E-state index contributed by atoms with van der Waals surface area (Å²) in [6.07, 6.45) is 5.41. The van der Waals surface area contributed by atoms with Crippen LogP contribution in [0.25, 0.3) is 10.9 Å². The van der Waals surface area contributed by atoms with Crippen LogP contribution in [0.1, 0.15) is 63.7 Å². The van der Waals surface area contributed by atoms with E-state index in [1.54, 1.807) is 12.1 Å². The van der Waals surface area contributed by atoms with E-state index in [1.165, 1.54) is 39.9 Å². The van der Waals surface area contributed by atoms with Crippen molar-refractivity contribution in [1.82, 2.24) is 14.8 Å². The summed E-state index contributed by atoms with van der Waals surface area (Å²) in [6.45, 7) is 1.53. The summed E-state index contributed by atoms with van der Waals surface area (Å²) in [5.74, 6) is -0.283. The molecular formula is C25H25N3O2. The van der Waals surface area contributed by atoms with Gasteiger partial charge in [-0.05, 0) is 56.0 Å². The number of carbonyl (C=O) groups is 2. The minimum Gasteiger partial charge on any atom is -0.358 e. The molecule has 152 valence electrons. The fourth-order valence-corrected chi connectivity index (χ4v) is 5.81. The number of carbonyl (C=O) groups excluding carboxylic acids is 2. The highest BCUT2D eigenvalue weighted by Crippen LogP contribution is 2.46. The number of unbranched alkanes of at least 4 members (excludes halogenated alkanes) is 1. The highest BCUT2D eigenvalue weighted by molar-refractivity contribution is 6.21. The van der Waals surface area contributed by atoms with Crippen molar-refractivity contribution in [2.75, 3.05) is 13.1 Å². The molecule has 3 aliphatic rings. The number of hydrogen-bond donors (Lipinski definition) is 1. The van der Waals surface area contributed by atoms with E-state index in [9.17, 15) is 9.59 Å². The fourth-order valence-electron chi connectivity index (χ4n) is 5.81. The minimum atomic E-state index is -0.142. The molecule has 4 heterocycles. The number of fused-ring (bicyclic) bond motifs is 7. The van der Waals surface area contributed by atoms with Crippen molar-refractivity contribution in [3.8, 4) is 0 Å². The number of para-hydroxylation sites is 1. The molecule has 0 radical (unpaired) electrons. The highest BCUT2D eigenvalue weighted by Gasteiger charge is 2.41. The van der Waals surface area contributed by atoms with Gasteiger partial charge in [0.25, 0.3) is 11.8 Å². The maximum atomic E-state index is 12.5. The molecule has 1 aromatic heterocycles. The van der Waals surface area contributed by atoms with E-state index in [0.29, 0.717) is 29.8 Å². The van der Waals surface area contributed by atoms with E-state index >= 15 is 0 Å². The summed E-state index contributed by atoms with van der Waals surface area (Å²) < 4.78 is 0. The zero-order valence-corrected chi connectivity index (χ0v) is 16.9. The molecule has 1 fully saturated rings. The average Bonchev–Trinajstić information content (AvgIpc) is 3.36. The zero-order chi connectivity index (χ0) is 20.2. The Labute approximate surface area is 175 Å². The van der Waals surface area contributed by atoms with Crippen LogP contribution < -0.4 is 0 Å². The number of nitrogens with one attached hydrogen (secondary N) is 1. The molecule has 6 rings (SSSR count). The second-order valence-corrected chi connectivity index (χ2v) is 8.77. The van der Waals surface area contributed by atoms with Crippen molar-refractivity contribution >= 4 is 22.7 Å². The van der Waals surface area contributed by atoms with Crippen LogP contribution in [0.4, 0.5) is 0 Å². The molecule has 3 aliphatic heterocycles. The zero-order valence-electron chi connectivity index (χ0n) is 16.9. The summed E-state index contributed by atoms with van der Waals surface area (Å²) in [4.78, 5) is 32.8. The Hall–Kier alpha value is -2.92. The minimum absolute atomic E-state index is 0.142. The van der Waals surface area contributed by atoms with Gasteiger partial charge in [-0.3, -0.25) is 19.4 Å². The number of aromatic nitrogens is 1. The number of rotatable bonds is 5. The fraction of sp³-hybridized carbons (Fsp3) is 0.360. The molecule has 5 nitrogen and oxygen atoms in total. The van der Waals surface area contributed by atoms with Gasteiger partial charge in [-0.2, -0.15) is 0 Å². The molecule has 0 unspecified atom stereocenters. The van der Waals surface area contributed by atoms with E-state index in [1.807, 2.05) is 12.1 Å². The lowest BCUT2D eigenvalue weighted by molar-refractivity contribution is 0.0648. The molecule has 1 saturated heterocycles. The second kappa shape index (κ2) is 6.81. The van der Waals surface area contributed by atoms with Crippen LogP contribution in [-0.2, 0) is 6.42 Å². The highest BCUT2D eigenvalue weighted by atomic mass is 16.2. The first-order chi connectivity index (χ1) is 14.7. The number of nitrogens with zero attached hydrogens (tertiary/aromatic N) is 2. The molecule has 5 heteroatoms. The van der Waals surface area contributed by atoms with Crippen LogP contribution in [-0.4, -0.2) is 45.7 Å². The maximum Gasteiger partial charge on any atom is 0.261 e. The van der Waals surface area contributed by atoms with Crippen LogP contribution >= 0.6 is 0 Å². The summed E-state index contributed by atoms with van der Waals surface area (Å²) >= 11 is 0. The van der Waals surface area contributed by atoms with Crippen molar-refractivity contribution in [1.29, 1.82) is 0 Å².